The van der Waals surface area contributed by atoms with Crippen molar-refractivity contribution < 1.29 is 13.3 Å². The Labute approximate surface area is 112 Å². The number of nitrogens with one attached hydrogen (secondary N) is 2. The highest BCUT2D eigenvalue weighted by atomic mass is 32.2. The minimum atomic E-state index is -3.63. The first kappa shape index (κ1) is 15.4. The predicted octanol–water partition coefficient (Wildman–Crippen LogP) is 1.02. The minimum Gasteiger partial charge on any atom is -0.378 e. The molecular formula is C11H17N3O4S. The summed E-state index contributed by atoms with van der Waals surface area (Å²) in [5, 5.41) is 17.0. The van der Waals surface area contributed by atoms with Gasteiger partial charge in [-0.15, -0.1) is 0 Å². The monoisotopic (exact) mass is 287 g/mol. The van der Waals surface area contributed by atoms with Crippen LogP contribution in [0.1, 0.15) is 6.92 Å². The number of anilines is 1. The largest absolute Gasteiger partial charge is 0.378 e. The Morgan fingerprint density at radius 3 is 2.53 bits per heavy atom. The van der Waals surface area contributed by atoms with Gasteiger partial charge in [-0.1, -0.05) is 13.0 Å². The van der Waals surface area contributed by atoms with Crippen molar-refractivity contribution in [3.05, 3.63) is 28.3 Å². The molecule has 0 heterocycles. The third-order valence-electron chi connectivity index (χ3n) is 2.45. The molecule has 0 spiro atoms. The maximum atomic E-state index is 11.5. The number of para-hydroxylation sites is 1. The smallest absolute Gasteiger partial charge is 0.310 e. The van der Waals surface area contributed by atoms with E-state index >= 15 is 0 Å². The summed E-state index contributed by atoms with van der Waals surface area (Å²) < 4.78 is 23.1. The van der Waals surface area contributed by atoms with Gasteiger partial charge in [-0.05, 0) is 18.7 Å². The van der Waals surface area contributed by atoms with Crippen LogP contribution in [0.2, 0.25) is 0 Å². The molecule has 0 atom stereocenters. The number of likely N-dealkylation sites (N-methyl/N-ethyl adjacent to an activating group) is 1. The van der Waals surface area contributed by atoms with E-state index in [0.29, 0.717) is 13.1 Å². The number of nitro benzene ring substituents is 1. The molecule has 0 radical (unpaired) electrons. The fraction of sp³-hybridized carbons (Fsp3) is 0.455. The van der Waals surface area contributed by atoms with E-state index in [4.69, 9.17) is 0 Å². The molecule has 0 fully saturated rings. The fourth-order valence-electron chi connectivity index (χ4n) is 1.61. The molecule has 0 aliphatic heterocycles. The maximum absolute atomic E-state index is 11.5. The summed E-state index contributed by atoms with van der Waals surface area (Å²) >= 11 is 0. The molecule has 1 aromatic rings. The summed E-state index contributed by atoms with van der Waals surface area (Å²) in [5.74, 6) is 0. The summed E-state index contributed by atoms with van der Waals surface area (Å²) in [6, 6.07) is 4.22. The molecule has 106 valence electrons. The SMILES string of the molecule is CCNCCNc1cccc(S(C)(=O)=O)c1[N+](=O)[O-]. The van der Waals surface area contributed by atoms with Gasteiger partial charge in [-0.3, -0.25) is 10.1 Å². The Morgan fingerprint density at radius 2 is 2.00 bits per heavy atom. The van der Waals surface area contributed by atoms with E-state index in [1.807, 2.05) is 6.92 Å². The highest BCUT2D eigenvalue weighted by molar-refractivity contribution is 7.90. The molecule has 1 rings (SSSR count). The molecule has 19 heavy (non-hydrogen) atoms. The van der Waals surface area contributed by atoms with Gasteiger partial charge in [-0.25, -0.2) is 8.42 Å². The number of sulfone groups is 1. The Bertz CT molecular complexity index is 557. The number of nitro groups is 1. The Balaban J connectivity index is 3.08. The molecule has 1 aromatic carbocycles. The Kier molecular flexibility index (Phi) is 5.25. The first-order valence-electron chi connectivity index (χ1n) is 5.80. The normalized spacial score (nSPS) is 11.3. The quantitative estimate of drug-likeness (QED) is 0.441. The van der Waals surface area contributed by atoms with Gasteiger partial charge >= 0.3 is 5.69 Å². The van der Waals surface area contributed by atoms with E-state index in [0.717, 1.165) is 12.8 Å². The second-order valence-corrected chi connectivity index (χ2v) is 5.95. The number of nitrogens with zero attached hydrogens (tertiary/aromatic N) is 1. The molecule has 0 aliphatic carbocycles. The van der Waals surface area contributed by atoms with Gasteiger partial charge in [0.25, 0.3) is 0 Å². The van der Waals surface area contributed by atoms with Crippen LogP contribution in [0.15, 0.2) is 23.1 Å². The molecule has 0 saturated carbocycles. The van der Waals surface area contributed by atoms with Crippen LogP contribution in [0, 0.1) is 10.1 Å². The van der Waals surface area contributed by atoms with Crippen LogP contribution in [0.3, 0.4) is 0 Å². The van der Waals surface area contributed by atoms with Crippen LogP contribution in [-0.4, -0.2) is 39.2 Å². The molecule has 8 heteroatoms. The zero-order valence-electron chi connectivity index (χ0n) is 10.8. The Hall–Kier alpha value is -1.67. The zero-order chi connectivity index (χ0) is 14.5. The molecule has 0 unspecified atom stereocenters. The number of hydrogen-bond acceptors (Lipinski definition) is 6. The molecular weight excluding hydrogens is 270 g/mol. The highest BCUT2D eigenvalue weighted by Crippen LogP contribution is 2.31. The molecule has 0 aromatic heterocycles. The van der Waals surface area contributed by atoms with Gasteiger partial charge < -0.3 is 10.6 Å². The third kappa shape index (κ3) is 4.18. The van der Waals surface area contributed by atoms with Crippen molar-refractivity contribution in [2.24, 2.45) is 0 Å². The van der Waals surface area contributed by atoms with E-state index in [2.05, 4.69) is 10.6 Å². The lowest BCUT2D eigenvalue weighted by atomic mass is 10.2. The van der Waals surface area contributed by atoms with Crippen LogP contribution in [0.5, 0.6) is 0 Å². The van der Waals surface area contributed by atoms with Crippen molar-refractivity contribution in [2.75, 3.05) is 31.2 Å². The summed E-state index contributed by atoms with van der Waals surface area (Å²) in [4.78, 5) is 10.1. The van der Waals surface area contributed by atoms with Gasteiger partial charge in [0.2, 0.25) is 0 Å². The number of rotatable bonds is 7. The Morgan fingerprint density at radius 1 is 1.32 bits per heavy atom. The average molecular weight is 287 g/mol. The summed E-state index contributed by atoms with van der Waals surface area (Å²) in [6.07, 6.45) is 0.956. The summed E-state index contributed by atoms with van der Waals surface area (Å²) in [7, 11) is -3.63. The van der Waals surface area contributed by atoms with Crippen molar-refractivity contribution in [3.8, 4) is 0 Å². The highest BCUT2D eigenvalue weighted by Gasteiger charge is 2.25. The standard InChI is InChI=1S/C11H17N3O4S/c1-3-12-7-8-13-9-5-4-6-10(19(2,17)18)11(9)14(15)16/h4-6,12-13H,3,7-8H2,1-2H3. The first-order valence-corrected chi connectivity index (χ1v) is 7.69. The average Bonchev–Trinajstić information content (AvgIpc) is 2.33. The van der Waals surface area contributed by atoms with Crippen LogP contribution in [-0.2, 0) is 9.84 Å². The van der Waals surface area contributed by atoms with Gasteiger partial charge in [0.15, 0.2) is 9.84 Å². The number of benzene rings is 1. The van der Waals surface area contributed by atoms with Crippen molar-refractivity contribution in [1.82, 2.24) is 5.32 Å². The number of hydrogen-bond donors (Lipinski definition) is 2. The molecule has 2 N–H and O–H groups in total. The van der Waals surface area contributed by atoms with E-state index in [1.54, 1.807) is 0 Å². The van der Waals surface area contributed by atoms with Crippen molar-refractivity contribution in [1.29, 1.82) is 0 Å². The van der Waals surface area contributed by atoms with Crippen molar-refractivity contribution >= 4 is 21.2 Å². The zero-order valence-corrected chi connectivity index (χ0v) is 11.7. The van der Waals surface area contributed by atoms with Crippen molar-refractivity contribution in [3.63, 3.8) is 0 Å². The second kappa shape index (κ2) is 6.48. The lowest BCUT2D eigenvalue weighted by Crippen LogP contribution is -2.22. The molecule has 0 amide bonds. The van der Waals surface area contributed by atoms with E-state index in [9.17, 15) is 18.5 Å². The summed E-state index contributed by atoms with van der Waals surface area (Å²) in [5.41, 5.74) is -0.188. The topological polar surface area (TPSA) is 101 Å². The second-order valence-electron chi connectivity index (χ2n) is 3.96. The summed E-state index contributed by atoms with van der Waals surface area (Å²) in [6.45, 7) is 3.86. The lowest BCUT2D eigenvalue weighted by molar-refractivity contribution is -0.386. The molecule has 0 aliphatic rings. The van der Waals surface area contributed by atoms with Crippen LogP contribution in [0.25, 0.3) is 0 Å². The van der Waals surface area contributed by atoms with Gasteiger partial charge in [-0.2, -0.15) is 0 Å². The lowest BCUT2D eigenvalue weighted by Gasteiger charge is -2.09. The van der Waals surface area contributed by atoms with Crippen LogP contribution < -0.4 is 10.6 Å². The van der Waals surface area contributed by atoms with Crippen LogP contribution >= 0.6 is 0 Å². The maximum Gasteiger partial charge on any atom is 0.310 e. The van der Waals surface area contributed by atoms with Gasteiger partial charge in [0.1, 0.15) is 10.6 Å². The molecule has 0 saturated heterocycles. The van der Waals surface area contributed by atoms with E-state index in [-0.39, 0.29) is 10.6 Å². The predicted molar refractivity (Wildman–Crippen MR) is 73.2 cm³/mol. The van der Waals surface area contributed by atoms with Gasteiger partial charge in [0.05, 0.1) is 4.92 Å². The molecule has 0 bridgehead atoms. The van der Waals surface area contributed by atoms with Crippen LogP contribution in [0.4, 0.5) is 11.4 Å². The first-order chi connectivity index (χ1) is 8.88. The van der Waals surface area contributed by atoms with E-state index in [1.165, 1.54) is 18.2 Å². The molecule has 7 nitrogen and oxygen atoms in total. The van der Waals surface area contributed by atoms with Crippen molar-refractivity contribution in [2.45, 2.75) is 11.8 Å². The minimum absolute atomic E-state index is 0.214. The fourth-order valence-corrected chi connectivity index (χ4v) is 2.48. The third-order valence-corrected chi connectivity index (χ3v) is 3.58. The van der Waals surface area contributed by atoms with E-state index < -0.39 is 20.4 Å². The van der Waals surface area contributed by atoms with Gasteiger partial charge in [0, 0.05) is 19.3 Å².